The van der Waals surface area contributed by atoms with Crippen LogP contribution in [0.25, 0.3) is 0 Å². The van der Waals surface area contributed by atoms with Crippen molar-refractivity contribution in [3.05, 3.63) is 65.3 Å². The third-order valence-electron chi connectivity index (χ3n) is 3.99. The third kappa shape index (κ3) is 4.01. The molecule has 0 saturated heterocycles. The van der Waals surface area contributed by atoms with Gasteiger partial charge in [-0.25, -0.2) is 0 Å². The van der Waals surface area contributed by atoms with Crippen molar-refractivity contribution >= 4 is 45.2 Å². The standard InChI is InChI=1S/C19H22I2/c1-12-7-6-8-17(20)15(12)11-16-13(2)9-14(10-18(16)21)19(3,4)5/h6-10H,11H2,1-5H3. The van der Waals surface area contributed by atoms with Crippen LogP contribution in [0.1, 0.15) is 48.6 Å². The highest BCUT2D eigenvalue weighted by Crippen LogP contribution is 2.30. The average Bonchev–Trinajstić information content (AvgIpc) is 2.35. The first-order valence-electron chi connectivity index (χ1n) is 7.23. The molecule has 2 heteroatoms. The van der Waals surface area contributed by atoms with Crippen molar-refractivity contribution in [1.29, 1.82) is 0 Å². The summed E-state index contributed by atoms with van der Waals surface area (Å²) < 4.78 is 2.75. The molecule has 0 nitrogen and oxygen atoms in total. The zero-order valence-corrected chi connectivity index (χ0v) is 17.7. The van der Waals surface area contributed by atoms with Crippen molar-refractivity contribution < 1.29 is 0 Å². The van der Waals surface area contributed by atoms with Gasteiger partial charge in [-0.05, 0) is 104 Å². The van der Waals surface area contributed by atoms with Crippen LogP contribution in [0.15, 0.2) is 30.3 Å². The van der Waals surface area contributed by atoms with Crippen molar-refractivity contribution in [2.24, 2.45) is 0 Å². The van der Waals surface area contributed by atoms with E-state index in [1.54, 1.807) is 0 Å². The van der Waals surface area contributed by atoms with Crippen molar-refractivity contribution in [3.63, 3.8) is 0 Å². The predicted molar refractivity (Wildman–Crippen MR) is 109 cm³/mol. The van der Waals surface area contributed by atoms with Crippen LogP contribution in [0.5, 0.6) is 0 Å². The van der Waals surface area contributed by atoms with E-state index in [-0.39, 0.29) is 5.41 Å². The molecule has 0 radical (unpaired) electrons. The van der Waals surface area contributed by atoms with Gasteiger partial charge < -0.3 is 0 Å². The lowest BCUT2D eigenvalue weighted by Crippen LogP contribution is -2.13. The summed E-state index contributed by atoms with van der Waals surface area (Å²) in [5.41, 5.74) is 7.36. The molecule has 0 amide bonds. The Kier molecular flexibility index (Phi) is 5.40. The van der Waals surface area contributed by atoms with Crippen molar-refractivity contribution in [2.45, 2.75) is 46.5 Å². The first-order chi connectivity index (χ1) is 9.70. The summed E-state index contributed by atoms with van der Waals surface area (Å²) in [6, 6.07) is 11.3. The van der Waals surface area contributed by atoms with Crippen LogP contribution in [0, 0.1) is 21.0 Å². The molecule has 0 unspecified atom stereocenters. The van der Waals surface area contributed by atoms with Gasteiger partial charge in [0.15, 0.2) is 0 Å². The molecule has 0 aliphatic heterocycles. The van der Waals surface area contributed by atoms with E-state index in [1.807, 2.05) is 0 Å². The fourth-order valence-electron chi connectivity index (χ4n) is 2.50. The van der Waals surface area contributed by atoms with Gasteiger partial charge in [0, 0.05) is 13.6 Å². The molecule has 0 saturated carbocycles. The molecule has 2 aromatic carbocycles. The average molecular weight is 504 g/mol. The summed E-state index contributed by atoms with van der Waals surface area (Å²) >= 11 is 4.95. The number of rotatable bonds is 2. The molecule has 0 aromatic heterocycles. The molecule has 0 heterocycles. The van der Waals surface area contributed by atoms with Gasteiger partial charge >= 0.3 is 0 Å². The summed E-state index contributed by atoms with van der Waals surface area (Å²) in [5.74, 6) is 0. The lowest BCUT2D eigenvalue weighted by atomic mass is 9.84. The third-order valence-corrected chi connectivity index (χ3v) is 5.96. The molecule has 21 heavy (non-hydrogen) atoms. The van der Waals surface area contributed by atoms with Crippen molar-refractivity contribution in [1.82, 2.24) is 0 Å². The molecule has 0 bridgehead atoms. The van der Waals surface area contributed by atoms with E-state index < -0.39 is 0 Å². The van der Waals surface area contributed by atoms with Crippen LogP contribution < -0.4 is 0 Å². The maximum absolute atomic E-state index is 2.50. The summed E-state index contributed by atoms with van der Waals surface area (Å²) in [6.45, 7) is 11.3. The first kappa shape index (κ1) is 17.3. The van der Waals surface area contributed by atoms with Gasteiger partial charge in [0.05, 0.1) is 0 Å². The topological polar surface area (TPSA) is 0 Å². The highest BCUT2D eigenvalue weighted by atomic mass is 127. The second-order valence-electron chi connectivity index (χ2n) is 6.72. The normalized spacial score (nSPS) is 11.8. The predicted octanol–water partition coefficient (Wildman–Crippen LogP) is 6.40. The molecule has 0 aliphatic carbocycles. The summed E-state index contributed by atoms with van der Waals surface area (Å²) in [5, 5.41) is 0. The summed E-state index contributed by atoms with van der Waals surface area (Å²) in [4.78, 5) is 0. The van der Waals surface area contributed by atoms with Gasteiger partial charge in [0.2, 0.25) is 0 Å². The Hall–Kier alpha value is -0.100. The summed E-state index contributed by atoms with van der Waals surface area (Å²) in [7, 11) is 0. The van der Waals surface area contributed by atoms with Gasteiger partial charge in [-0.1, -0.05) is 39.0 Å². The fraction of sp³-hybridized carbons (Fsp3) is 0.368. The molecular formula is C19H22I2. The molecule has 0 aliphatic rings. The van der Waals surface area contributed by atoms with E-state index >= 15 is 0 Å². The van der Waals surface area contributed by atoms with Crippen LogP contribution in [-0.2, 0) is 11.8 Å². The monoisotopic (exact) mass is 504 g/mol. The van der Waals surface area contributed by atoms with Crippen LogP contribution in [0.4, 0.5) is 0 Å². The summed E-state index contributed by atoms with van der Waals surface area (Å²) in [6.07, 6.45) is 1.03. The largest absolute Gasteiger partial charge is 0.0609 e. The molecule has 0 N–H and O–H groups in total. The molecular weight excluding hydrogens is 482 g/mol. The van der Waals surface area contributed by atoms with Crippen LogP contribution >= 0.6 is 45.2 Å². The second-order valence-corrected chi connectivity index (χ2v) is 9.04. The van der Waals surface area contributed by atoms with Gasteiger partial charge in [-0.3, -0.25) is 0 Å². The highest BCUT2D eigenvalue weighted by Gasteiger charge is 2.17. The van der Waals surface area contributed by atoms with Crippen molar-refractivity contribution in [3.8, 4) is 0 Å². The van der Waals surface area contributed by atoms with E-state index in [0.29, 0.717) is 0 Å². The second kappa shape index (κ2) is 6.57. The Morgan fingerprint density at radius 2 is 1.48 bits per heavy atom. The van der Waals surface area contributed by atoms with E-state index in [0.717, 1.165) is 6.42 Å². The van der Waals surface area contributed by atoms with E-state index in [2.05, 4.69) is 110 Å². The van der Waals surface area contributed by atoms with Crippen LogP contribution in [0.3, 0.4) is 0 Å². The zero-order valence-electron chi connectivity index (χ0n) is 13.3. The Morgan fingerprint density at radius 1 is 0.857 bits per heavy atom. The quantitative estimate of drug-likeness (QED) is 0.416. The number of aryl methyl sites for hydroxylation is 2. The Bertz CT molecular complexity index is 620. The minimum absolute atomic E-state index is 0.209. The van der Waals surface area contributed by atoms with E-state index in [1.165, 1.54) is 35.0 Å². The molecule has 2 aromatic rings. The number of halogens is 2. The molecule has 0 atom stereocenters. The Morgan fingerprint density at radius 3 is 2.00 bits per heavy atom. The van der Waals surface area contributed by atoms with E-state index in [9.17, 15) is 0 Å². The highest BCUT2D eigenvalue weighted by molar-refractivity contribution is 14.1. The SMILES string of the molecule is Cc1cccc(I)c1Cc1c(C)cc(C(C)(C)C)cc1I. The van der Waals surface area contributed by atoms with Crippen molar-refractivity contribution in [2.75, 3.05) is 0 Å². The fourth-order valence-corrected chi connectivity index (χ4v) is 4.27. The van der Waals surface area contributed by atoms with E-state index in [4.69, 9.17) is 0 Å². The van der Waals surface area contributed by atoms with Gasteiger partial charge in [-0.2, -0.15) is 0 Å². The van der Waals surface area contributed by atoms with Gasteiger partial charge in [-0.15, -0.1) is 0 Å². The zero-order chi connectivity index (χ0) is 15.8. The Labute approximate surface area is 156 Å². The number of hydrogen-bond donors (Lipinski definition) is 0. The van der Waals surface area contributed by atoms with Gasteiger partial charge in [0.1, 0.15) is 0 Å². The minimum atomic E-state index is 0.209. The maximum atomic E-state index is 2.50. The number of benzene rings is 2. The molecule has 112 valence electrons. The Balaban J connectivity index is 2.47. The van der Waals surface area contributed by atoms with Crippen LogP contribution in [0.2, 0.25) is 0 Å². The molecule has 0 fully saturated rings. The molecule has 2 rings (SSSR count). The smallest absolute Gasteiger partial charge is 0.0171 e. The maximum Gasteiger partial charge on any atom is 0.0171 e. The number of hydrogen-bond acceptors (Lipinski definition) is 0. The van der Waals surface area contributed by atoms with Crippen LogP contribution in [-0.4, -0.2) is 0 Å². The lowest BCUT2D eigenvalue weighted by Gasteiger charge is -2.22. The molecule has 0 spiro atoms. The minimum Gasteiger partial charge on any atom is -0.0609 e. The van der Waals surface area contributed by atoms with Gasteiger partial charge in [0.25, 0.3) is 0 Å². The first-order valence-corrected chi connectivity index (χ1v) is 9.39. The lowest BCUT2D eigenvalue weighted by molar-refractivity contribution is 0.589.